The number of carbonyl (C=O) groups is 2. The Balaban J connectivity index is 1.87. The van der Waals surface area contributed by atoms with Crippen LogP contribution in [-0.4, -0.2) is 88.3 Å². The molecule has 1 amide bonds. The topological polar surface area (TPSA) is 107 Å². The van der Waals surface area contributed by atoms with E-state index in [9.17, 15) is 14.7 Å². The smallest absolute Gasteiger partial charge is 0.295 e. The highest BCUT2D eigenvalue weighted by molar-refractivity contribution is 6.46. The zero-order valence-corrected chi connectivity index (χ0v) is 22.4. The summed E-state index contributed by atoms with van der Waals surface area (Å²) in [4.78, 5) is 30.6. The van der Waals surface area contributed by atoms with Crippen molar-refractivity contribution >= 4 is 17.4 Å². The molecule has 4 rings (SSSR count). The lowest BCUT2D eigenvalue weighted by Crippen LogP contribution is -2.37. The standard InChI is InChI=1S/C28H34N2O8/c1-34-19-9-8-17(14-20(19)35-2)25(31)23-24(18-15-21(36-3)27(38-5)22(16-18)37-4)30(28(33)26(23)32)13-12-29-10-6-7-11-29/h8-9,14-16,24,31H,6-7,10-13H2,1-5H3/b25-23+. The van der Waals surface area contributed by atoms with Crippen LogP contribution < -0.4 is 23.7 Å². The van der Waals surface area contributed by atoms with Crippen molar-refractivity contribution in [2.24, 2.45) is 0 Å². The Morgan fingerprint density at radius 3 is 1.97 bits per heavy atom. The molecule has 0 radical (unpaired) electrons. The molecule has 2 heterocycles. The number of amides is 1. The van der Waals surface area contributed by atoms with Gasteiger partial charge in [-0.1, -0.05) is 0 Å². The van der Waals surface area contributed by atoms with Crippen LogP contribution in [-0.2, 0) is 9.59 Å². The second-order valence-electron chi connectivity index (χ2n) is 9.07. The van der Waals surface area contributed by atoms with Crippen LogP contribution in [0, 0.1) is 0 Å². The number of carbonyl (C=O) groups excluding carboxylic acids is 2. The lowest BCUT2D eigenvalue weighted by molar-refractivity contribution is -0.140. The van der Waals surface area contributed by atoms with E-state index in [4.69, 9.17) is 23.7 Å². The van der Waals surface area contributed by atoms with Gasteiger partial charge in [-0.05, 0) is 61.8 Å². The summed E-state index contributed by atoms with van der Waals surface area (Å²) < 4.78 is 27.2. The Kier molecular flexibility index (Phi) is 8.31. The number of nitrogens with zero attached hydrogens (tertiary/aromatic N) is 2. The van der Waals surface area contributed by atoms with Gasteiger partial charge in [0.15, 0.2) is 23.0 Å². The van der Waals surface area contributed by atoms with Gasteiger partial charge in [0.05, 0.1) is 47.2 Å². The number of Topliss-reactive ketones (excluding diaryl/α,β-unsaturated/α-hetero) is 1. The Bertz CT molecular complexity index is 1210. The number of ether oxygens (including phenoxy) is 5. The fourth-order valence-electron chi connectivity index (χ4n) is 5.11. The van der Waals surface area contributed by atoms with Crippen LogP contribution in [0.4, 0.5) is 0 Å². The third kappa shape index (κ3) is 4.96. The lowest BCUT2D eigenvalue weighted by atomic mass is 9.94. The molecule has 38 heavy (non-hydrogen) atoms. The van der Waals surface area contributed by atoms with E-state index in [0.29, 0.717) is 53.0 Å². The summed E-state index contributed by atoms with van der Waals surface area (Å²) in [6.45, 7) is 2.83. The van der Waals surface area contributed by atoms with E-state index in [-0.39, 0.29) is 11.3 Å². The third-order valence-electron chi connectivity index (χ3n) is 7.06. The molecule has 0 aromatic heterocycles. The molecule has 2 fully saturated rings. The molecule has 10 nitrogen and oxygen atoms in total. The highest BCUT2D eigenvalue weighted by atomic mass is 16.5. The zero-order chi connectivity index (χ0) is 27.4. The number of hydrogen-bond acceptors (Lipinski definition) is 9. The van der Waals surface area contributed by atoms with E-state index in [1.54, 1.807) is 30.3 Å². The number of likely N-dealkylation sites (tertiary alicyclic amines) is 2. The van der Waals surface area contributed by atoms with Crippen molar-refractivity contribution in [1.82, 2.24) is 9.80 Å². The minimum Gasteiger partial charge on any atom is -0.507 e. The second kappa shape index (κ2) is 11.6. The predicted molar refractivity (Wildman–Crippen MR) is 140 cm³/mol. The van der Waals surface area contributed by atoms with Gasteiger partial charge in [-0.2, -0.15) is 0 Å². The molecular formula is C28H34N2O8. The van der Waals surface area contributed by atoms with E-state index in [0.717, 1.165) is 25.9 Å². The summed E-state index contributed by atoms with van der Waals surface area (Å²) in [5.74, 6) is 0.221. The predicted octanol–water partition coefficient (Wildman–Crippen LogP) is 3.25. The Labute approximate surface area is 222 Å². The molecule has 0 saturated carbocycles. The molecule has 0 aliphatic carbocycles. The second-order valence-corrected chi connectivity index (χ2v) is 9.07. The van der Waals surface area contributed by atoms with Crippen molar-refractivity contribution in [3.63, 3.8) is 0 Å². The molecule has 1 unspecified atom stereocenters. The van der Waals surface area contributed by atoms with Gasteiger partial charge < -0.3 is 38.6 Å². The van der Waals surface area contributed by atoms with Crippen molar-refractivity contribution in [3.8, 4) is 28.7 Å². The average Bonchev–Trinajstić information content (AvgIpc) is 3.56. The molecule has 2 aliphatic rings. The van der Waals surface area contributed by atoms with Crippen molar-refractivity contribution in [3.05, 3.63) is 47.0 Å². The van der Waals surface area contributed by atoms with Gasteiger partial charge in [0.1, 0.15) is 5.76 Å². The minimum absolute atomic E-state index is 0.0297. The van der Waals surface area contributed by atoms with Gasteiger partial charge in [-0.3, -0.25) is 9.59 Å². The Hall–Kier alpha value is -3.92. The molecule has 2 saturated heterocycles. The molecule has 2 aliphatic heterocycles. The normalized spacial score (nSPS) is 19.1. The van der Waals surface area contributed by atoms with Gasteiger partial charge >= 0.3 is 0 Å². The van der Waals surface area contributed by atoms with Gasteiger partial charge in [-0.15, -0.1) is 0 Å². The van der Waals surface area contributed by atoms with E-state index in [1.165, 1.54) is 40.4 Å². The van der Waals surface area contributed by atoms with Crippen LogP contribution in [0.25, 0.3) is 5.76 Å². The SMILES string of the molecule is COc1ccc(/C(O)=C2\C(=O)C(=O)N(CCN3CCCC3)C2c2cc(OC)c(OC)c(OC)c2)cc1OC. The first-order valence-corrected chi connectivity index (χ1v) is 12.4. The third-order valence-corrected chi connectivity index (χ3v) is 7.06. The van der Waals surface area contributed by atoms with Crippen molar-refractivity contribution in [1.29, 1.82) is 0 Å². The van der Waals surface area contributed by atoms with Crippen LogP contribution in [0.1, 0.15) is 30.0 Å². The first kappa shape index (κ1) is 27.1. The number of rotatable bonds is 10. The Morgan fingerprint density at radius 2 is 1.42 bits per heavy atom. The minimum atomic E-state index is -0.876. The molecule has 1 atom stereocenters. The first-order chi connectivity index (χ1) is 18.4. The van der Waals surface area contributed by atoms with Crippen molar-refractivity contribution in [2.75, 3.05) is 61.7 Å². The fourth-order valence-corrected chi connectivity index (χ4v) is 5.11. The summed E-state index contributed by atoms with van der Waals surface area (Å²) in [6, 6.07) is 7.33. The first-order valence-electron chi connectivity index (χ1n) is 12.4. The summed E-state index contributed by atoms with van der Waals surface area (Å²) in [7, 11) is 7.48. The number of benzene rings is 2. The maximum atomic E-state index is 13.5. The molecule has 0 spiro atoms. The van der Waals surface area contributed by atoms with Crippen LogP contribution in [0.2, 0.25) is 0 Å². The number of aliphatic hydroxyl groups is 1. The molecule has 10 heteroatoms. The molecule has 2 aromatic carbocycles. The van der Waals surface area contributed by atoms with Crippen LogP contribution in [0.3, 0.4) is 0 Å². The van der Waals surface area contributed by atoms with E-state index >= 15 is 0 Å². The van der Waals surface area contributed by atoms with E-state index in [2.05, 4.69) is 4.90 Å². The number of aliphatic hydroxyl groups excluding tert-OH is 1. The highest BCUT2D eigenvalue weighted by Crippen LogP contribution is 2.46. The van der Waals surface area contributed by atoms with Gasteiger partial charge in [0.25, 0.3) is 11.7 Å². The molecule has 1 N–H and O–H groups in total. The van der Waals surface area contributed by atoms with E-state index in [1.807, 2.05) is 0 Å². The largest absolute Gasteiger partial charge is 0.507 e. The quantitative estimate of drug-likeness (QED) is 0.284. The van der Waals surface area contributed by atoms with Gasteiger partial charge in [0, 0.05) is 18.7 Å². The van der Waals surface area contributed by atoms with Crippen molar-refractivity contribution < 1.29 is 38.4 Å². The molecular weight excluding hydrogens is 492 g/mol. The van der Waals surface area contributed by atoms with Crippen LogP contribution >= 0.6 is 0 Å². The Morgan fingerprint density at radius 1 is 0.816 bits per heavy atom. The number of ketones is 1. The molecule has 2 aromatic rings. The van der Waals surface area contributed by atoms with Crippen molar-refractivity contribution in [2.45, 2.75) is 18.9 Å². The molecule has 0 bridgehead atoms. The molecule has 204 valence electrons. The summed E-state index contributed by atoms with van der Waals surface area (Å²) in [5.41, 5.74) is 0.831. The van der Waals surface area contributed by atoms with Crippen LogP contribution in [0.5, 0.6) is 28.7 Å². The number of hydrogen-bond donors (Lipinski definition) is 1. The number of methoxy groups -OCH3 is 5. The maximum Gasteiger partial charge on any atom is 0.295 e. The van der Waals surface area contributed by atoms with Gasteiger partial charge in [0.2, 0.25) is 5.75 Å². The summed E-state index contributed by atoms with van der Waals surface area (Å²) in [5, 5.41) is 11.5. The monoisotopic (exact) mass is 526 g/mol. The highest BCUT2D eigenvalue weighted by Gasteiger charge is 2.46. The van der Waals surface area contributed by atoms with Crippen LogP contribution in [0.15, 0.2) is 35.9 Å². The van der Waals surface area contributed by atoms with Gasteiger partial charge in [-0.25, -0.2) is 0 Å². The lowest BCUT2D eigenvalue weighted by Gasteiger charge is -2.28. The average molecular weight is 527 g/mol. The van der Waals surface area contributed by atoms with E-state index < -0.39 is 17.7 Å². The summed E-state index contributed by atoms with van der Waals surface area (Å²) >= 11 is 0. The maximum absolute atomic E-state index is 13.5. The fraction of sp³-hybridized carbons (Fsp3) is 0.429. The zero-order valence-electron chi connectivity index (χ0n) is 22.4. The summed E-state index contributed by atoms with van der Waals surface area (Å²) in [6.07, 6.45) is 2.21.